The predicted molar refractivity (Wildman–Crippen MR) is 114 cm³/mol. The minimum atomic E-state index is -0.948. The molecule has 2 aromatic rings. The summed E-state index contributed by atoms with van der Waals surface area (Å²) in [6.45, 7) is 0.802. The van der Waals surface area contributed by atoms with Crippen LogP contribution in [0.2, 0.25) is 0 Å². The number of nitrogens with zero attached hydrogens (tertiary/aromatic N) is 3. The van der Waals surface area contributed by atoms with Gasteiger partial charge < -0.3 is 15.2 Å². The van der Waals surface area contributed by atoms with E-state index in [1.165, 1.54) is 11.5 Å². The molecule has 7 rings (SSSR count). The number of rotatable bonds is 1. The fourth-order valence-corrected chi connectivity index (χ4v) is 5.65. The average Bonchev–Trinajstić information content (AvgIpc) is 3.07. The molecule has 2 aromatic carbocycles. The summed E-state index contributed by atoms with van der Waals surface area (Å²) in [5.74, 6) is 1.60. The Morgan fingerprint density at radius 2 is 2.06 bits per heavy atom. The fraction of sp³-hybridized carbons (Fsp3) is 0.417. The summed E-state index contributed by atoms with van der Waals surface area (Å²) in [6.07, 6.45) is 3.69. The number of nitrogens with two attached hydrogens (primary N) is 1. The van der Waals surface area contributed by atoms with E-state index in [1.807, 2.05) is 30.3 Å². The third kappa shape index (κ3) is 2.75. The fourth-order valence-electron chi connectivity index (χ4n) is 5.65. The summed E-state index contributed by atoms with van der Waals surface area (Å²) in [7, 11) is 1.78. The molecule has 2 saturated heterocycles. The van der Waals surface area contributed by atoms with Gasteiger partial charge in [-0.3, -0.25) is 0 Å². The lowest BCUT2D eigenvalue weighted by Gasteiger charge is -2.55. The van der Waals surface area contributed by atoms with Gasteiger partial charge in [-0.1, -0.05) is 18.2 Å². The van der Waals surface area contributed by atoms with Gasteiger partial charge in [0.2, 0.25) is 11.7 Å². The highest BCUT2D eigenvalue weighted by molar-refractivity contribution is 5.79. The largest absolute Gasteiger partial charge is 0.484 e. The molecule has 1 aliphatic carbocycles. The van der Waals surface area contributed by atoms with Crippen molar-refractivity contribution in [2.45, 2.75) is 43.1 Å². The molecule has 0 radical (unpaired) electrons. The summed E-state index contributed by atoms with van der Waals surface area (Å²) in [6, 6.07) is 15.8. The first-order chi connectivity index (χ1) is 15.0. The second-order valence-electron chi connectivity index (χ2n) is 9.06. The molecule has 7 nitrogen and oxygen atoms in total. The van der Waals surface area contributed by atoms with E-state index in [9.17, 15) is 5.26 Å². The summed E-state index contributed by atoms with van der Waals surface area (Å²) >= 11 is 0. The number of aliphatic imine (C=N–C) groups is 1. The Labute approximate surface area is 181 Å². The summed E-state index contributed by atoms with van der Waals surface area (Å²) < 4.78 is 12.9. The lowest BCUT2D eigenvalue weighted by molar-refractivity contribution is -0.249. The molecule has 2 spiro atoms. The number of guanidine groups is 1. The first kappa shape index (κ1) is 18.7. The summed E-state index contributed by atoms with van der Waals surface area (Å²) in [5, 5.41) is 10.8. The van der Waals surface area contributed by atoms with Crippen LogP contribution in [-0.2, 0) is 15.3 Å². The summed E-state index contributed by atoms with van der Waals surface area (Å²) in [5.41, 5.74) is 8.16. The Morgan fingerprint density at radius 3 is 2.74 bits per heavy atom. The lowest BCUT2D eigenvalue weighted by atomic mass is 9.68. The van der Waals surface area contributed by atoms with E-state index in [4.69, 9.17) is 25.0 Å². The molecule has 4 aliphatic heterocycles. The van der Waals surface area contributed by atoms with Crippen LogP contribution in [0.5, 0.6) is 5.75 Å². The molecule has 2 N–H and O–H groups in total. The number of hydrogen-bond donors (Lipinski definition) is 1. The zero-order valence-corrected chi connectivity index (χ0v) is 17.4. The lowest BCUT2D eigenvalue weighted by Crippen LogP contribution is -2.62. The van der Waals surface area contributed by atoms with Crippen LogP contribution in [0, 0.1) is 17.2 Å². The van der Waals surface area contributed by atoms with Crippen LogP contribution in [-0.4, -0.2) is 36.4 Å². The van der Waals surface area contributed by atoms with Crippen molar-refractivity contribution in [3.05, 3.63) is 53.6 Å². The Hall–Kier alpha value is -3.08. The van der Waals surface area contributed by atoms with Crippen molar-refractivity contribution in [1.29, 1.82) is 5.26 Å². The van der Waals surface area contributed by atoms with Gasteiger partial charge in [-0.05, 0) is 60.6 Å². The molecule has 4 atom stereocenters. The smallest absolute Gasteiger partial charge is 0.222 e. The van der Waals surface area contributed by atoms with Gasteiger partial charge in [0, 0.05) is 13.5 Å². The quantitative estimate of drug-likeness (QED) is 0.767. The number of hydrogen-bond acceptors (Lipinski definition) is 7. The van der Waals surface area contributed by atoms with Crippen molar-refractivity contribution in [3.8, 4) is 22.9 Å². The van der Waals surface area contributed by atoms with E-state index < -0.39 is 11.3 Å². The number of hydroxylamine groups is 2. The van der Waals surface area contributed by atoms with Gasteiger partial charge in [0.05, 0.1) is 29.9 Å². The molecule has 0 amide bonds. The number of fused-ring (bicyclic) bond motifs is 4. The number of ether oxygens (including phenoxy) is 2. The molecular formula is C24H24N4O3. The minimum Gasteiger partial charge on any atom is -0.484 e. The van der Waals surface area contributed by atoms with Crippen LogP contribution >= 0.6 is 0 Å². The average molecular weight is 416 g/mol. The van der Waals surface area contributed by atoms with Crippen LogP contribution in [0.1, 0.15) is 36.8 Å². The molecule has 2 bridgehead atoms. The van der Waals surface area contributed by atoms with Crippen molar-refractivity contribution in [2.75, 3.05) is 13.7 Å². The predicted octanol–water partition coefficient (Wildman–Crippen LogP) is 3.29. The molecule has 3 unspecified atom stereocenters. The molecule has 31 heavy (non-hydrogen) atoms. The first-order valence-electron chi connectivity index (χ1n) is 10.7. The van der Waals surface area contributed by atoms with E-state index in [-0.39, 0.29) is 6.10 Å². The maximum atomic E-state index is 9.28. The normalized spacial score (nSPS) is 33.2. The van der Waals surface area contributed by atoms with Crippen LogP contribution in [0.3, 0.4) is 0 Å². The van der Waals surface area contributed by atoms with Gasteiger partial charge in [0.1, 0.15) is 11.4 Å². The zero-order chi connectivity index (χ0) is 21.2. The van der Waals surface area contributed by atoms with Gasteiger partial charge >= 0.3 is 0 Å². The monoisotopic (exact) mass is 416 g/mol. The first-order valence-corrected chi connectivity index (χ1v) is 10.7. The highest BCUT2D eigenvalue weighted by atomic mass is 16.7. The van der Waals surface area contributed by atoms with Gasteiger partial charge in [-0.25, -0.2) is 14.9 Å². The van der Waals surface area contributed by atoms with Crippen LogP contribution in [0.4, 0.5) is 0 Å². The maximum Gasteiger partial charge on any atom is 0.222 e. The van der Waals surface area contributed by atoms with E-state index in [2.05, 4.69) is 12.1 Å². The molecule has 5 aliphatic rings. The molecule has 7 heteroatoms. The highest BCUT2D eigenvalue weighted by Crippen LogP contribution is 2.56. The molecule has 158 valence electrons. The Kier molecular flexibility index (Phi) is 3.89. The van der Waals surface area contributed by atoms with E-state index in [0.717, 1.165) is 41.9 Å². The van der Waals surface area contributed by atoms with Crippen molar-refractivity contribution in [2.24, 2.45) is 16.6 Å². The topological polar surface area (TPSA) is 93.1 Å². The van der Waals surface area contributed by atoms with Crippen LogP contribution in [0.15, 0.2) is 47.5 Å². The maximum absolute atomic E-state index is 9.28. The van der Waals surface area contributed by atoms with E-state index in [0.29, 0.717) is 23.9 Å². The van der Waals surface area contributed by atoms with Gasteiger partial charge in [-0.15, -0.1) is 0 Å². The second kappa shape index (κ2) is 6.46. The van der Waals surface area contributed by atoms with E-state index in [1.54, 1.807) is 13.1 Å². The van der Waals surface area contributed by atoms with Crippen molar-refractivity contribution in [1.82, 2.24) is 5.06 Å². The Balaban J connectivity index is 1.49. The minimum absolute atomic E-state index is 0.0282. The van der Waals surface area contributed by atoms with Gasteiger partial charge in [0.15, 0.2) is 0 Å². The van der Waals surface area contributed by atoms with Crippen LogP contribution < -0.4 is 10.5 Å². The Morgan fingerprint density at radius 1 is 1.19 bits per heavy atom. The third-order valence-electron chi connectivity index (χ3n) is 7.07. The third-order valence-corrected chi connectivity index (χ3v) is 7.07. The standard InChI is InChI=1S/C24H24N4O3/c1-28-22(26)27-24(31-28)14-23(11-16-5-8-21(23)29-13-16)30-20-7-6-18(10-19(20)24)17-4-2-3-15(9-17)12-25/h2-4,6-7,9-10,16,21H,5,8,11,13-14H2,1H3,(H2,26,27)/t16?,21?,23-,24?/m1/s1. The van der Waals surface area contributed by atoms with Gasteiger partial charge in [-0.2, -0.15) is 5.26 Å². The van der Waals surface area contributed by atoms with Crippen molar-refractivity contribution in [3.63, 3.8) is 0 Å². The van der Waals surface area contributed by atoms with Crippen molar-refractivity contribution >= 4 is 5.96 Å². The Bertz CT molecular complexity index is 1130. The molecule has 0 aromatic heterocycles. The number of nitriles is 1. The van der Waals surface area contributed by atoms with E-state index >= 15 is 0 Å². The SMILES string of the molecule is CN1OC2(C[C@@]3(CC4CCC3OC4)Oc3ccc(-c4cccc(C#N)c4)cc32)N=C1N. The zero-order valence-electron chi connectivity index (χ0n) is 17.4. The van der Waals surface area contributed by atoms with Crippen LogP contribution in [0.25, 0.3) is 11.1 Å². The number of benzene rings is 2. The summed E-state index contributed by atoms with van der Waals surface area (Å²) in [4.78, 5) is 11.1. The molecule has 4 heterocycles. The van der Waals surface area contributed by atoms with Crippen molar-refractivity contribution < 1.29 is 14.3 Å². The second-order valence-corrected chi connectivity index (χ2v) is 9.06. The van der Waals surface area contributed by atoms with Gasteiger partial charge in [0.25, 0.3) is 0 Å². The molecule has 3 fully saturated rings. The molecular weight excluding hydrogens is 392 g/mol. The highest BCUT2D eigenvalue weighted by Gasteiger charge is 2.61. The molecule has 1 saturated carbocycles.